The molecule has 2 aliphatic heterocycles. The summed E-state index contributed by atoms with van der Waals surface area (Å²) < 4.78 is 95.8. The maximum atomic E-state index is 12.2. The van der Waals surface area contributed by atoms with E-state index in [-0.39, 0.29) is 30.8 Å². The van der Waals surface area contributed by atoms with E-state index in [1.807, 2.05) is 9.97 Å². The number of phosphoric ester groups is 2. The predicted molar refractivity (Wildman–Crippen MR) is 185 cm³/mol. The fourth-order valence-electron chi connectivity index (χ4n) is 4.40. The standard InChI is InChI=1S/C18H27N4O26P5.5H3N/c23-9-1-3-21(17(29)19-9)15-13(27)11(25)7(43-15)5-41-49(31,32)45-51(35,36)47-53(39,40)48-52(37,38)46-50(33,34)42-6-8-12(26)14(28)16(44-8)22-4-2-10(24)20-18(22)30;;;;;/h1-4,7-8,11-16,25-28H,5-6H2,(H,31,32)(H,33,34)(H,35,36)(H,37,38)(H,39,40)(H,19,23,29)(H,20,24,30);5*1H3/t7-,8-,11-,12-,13-,14-,15-,16-;;;;;/m1...../s1. The number of phosphoric acid groups is 5. The Labute approximate surface area is 321 Å². The number of nitrogens with one attached hydrogen (secondary N) is 2. The maximum Gasteiger partial charge on any atom is 0.490 e. The zero-order valence-corrected chi connectivity index (χ0v) is 33.4. The van der Waals surface area contributed by atoms with Gasteiger partial charge in [-0.3, -0.25) is 37.7 Å². The van der Waals surface area contributed by atoms with Crippen LogP contribution in [-0.4, -0.2) is 114 Å². The summed E-state index contributed by atoms with van der Waals surface area (Å²) in [6.07, 6.45) is -13.0. The van der Waals surface area contributed by atoms with Gasteiger partial charge < -0.3 is 85.1 Å². The normalized spacial score (nSPS) is 29.1. The Balaban J connectivity index is 0. The van der Waals surface area contributed by atoms with E-state index >= 15 is 0 Å². The molecule has 2 fully saturated rings. The van der Waals surface area contributed by atoms with Crippen LogP contribution in [0.25, 0.3) is 0 Å². The number of aliphatic hydroxyl groups is 4. The van der Waals surface area contributed by atoms with Crippen LogP contribution in [0.15, 0.2) is 43.7 Å². The molecular weight excluding hydrogens is 913 g/mol. The third-order valence-corrected chi connectivity index (χ3v) is 14.1. The first-order chi connectivity index (χ1) is 24.2. The van der Waals surface area contributed by atoms with Crippen molar-refractivity contribution in [3.8, 4) is 0 Å². The molecule has 4 rings (SSSR count). The van der Waals surface area contributed by atoms with Crippen molar-refractivity contribution in [2.24, 2.45) is 0 Å². The first kappa shape index (κ1) is 57.7. The summed E-state index contributed by atoms with van der Waals surface area (Å²) in [5.74, 6) is 0. The number of ether oxygens (including phenoxy) is 2. The van der Waals surface area contributed by atoms with Crippen LogP contribution in [0.3, 0.4) is 0 Å². The van der Waals surface area contributed by atoms with Gasteiger partial charge in [-0.15, -0.1) is 0 Å². The molecule has 0 aromatic carbocycles. The molecule has 58 heavy (non-hydrogen) atoms. The van der Waals surface area contributed by atoms with Crippen molar-refractivity contribution in [1.29, 1.82) is 0 Å². The van der Waals surface area contributed by atoms with Gasteiger partial charge in [-0.25, -0.2) is 32.4 Å². The van der Waals surface area contributed by atoms with Gasteiger partial charge in [0.25, 0.3) is 11.1 Å². The molecule has 0 spiro atoms. The highest BCUT2D eigenvalue weighted by atomic mass is 31.3. The van der Waals surface area contributed by atoms with Gasteiger partial charge >= 0.3 is 50.5 Å². The Morgan fingerprint density at radius 2 is 0.793 bits per heavy atom. The lowest BCUT2D eigenvalue weighted by molar-refractivity contribution is -0.0542. The lowest BCUT2D eigenvalue weighted by Gasteiger charge is -2.21. The second kappa shape index (κ2) is 21.4. The Morgan fingerprint density at radius 3 is 1.07 bits per heavy atom. The summed E-state index contributed by atoms with van der Waals surface area (Å²) in [7, 11) is -31.1. The largest absolute Gasteiger partial charge is 0.490 e. The van der Waals surface area contributed by atoms with E-state index in [1.54, 1.807) is 0 Å². The van der Waals surface area contributed by atoms with Crippen LogP contribution in [0.1, 0.15) is 12.5 Å². The lowest BCUT2D eigenvalue weighted by atomic mass is 10.1. The molecule has 40 heteroatoms. The highest BCUT2D eigenvalue weighted by molar-refractivity contribution is 7.71. The molecule has 2 aromatic rings. The van der Waals surface area contributed by atoms with Crippen LogP contribution < -0.4 is 53.3 Å². The Morgan fingerprint density at radius 1 is 0.517 bits per heavy atom. The summed E-state index contributed by atoms with van der Waals surface area (Å²) in [5.41, 5.74) is -3.88. The molecule has 2 aliphatic rings. The molecule has 35 nitrogen and oxygen atoms in total. The molecule has 0 aliphatic carbocycles. The number of aliphatic hydroxyl groups excluding tert-OH is 4. The highest BCUT2D eigenvalue weighted by Gasteiger charge is 2.50. The van der Waals surface area contributed by atoms with Crippen LogP contribution >= 0.6 is 39.1 Å². The van der Waals surface area contributed by atoms with Crippen molar-refractivity contribution in [1.82, 2.24) is 49.9 Å². The molecule has 0 radical (unpaired) electrons. The topological polar surface area (TPSA) is 626 Å². The van der Waals surface area contributed by atoms with Crippen LogP contribution in [0, 0.1) is 0 Å². The molecule has 0 bridgehead atoms. The fraction of sp³-hybridized carbons (Fsp3) is 0.556. The Bertz CT molecular complexity index is 2020. The van der Waals surface area contributed by atoms with Gasteiger partial charge in [0.2, 0.25) is 0 Å². The van der Waals surface area contributed by atoms with Gasteiger partial charge in [-0.2, -0.15) is 17.2 Å². The molecule has 340 valence electrons. The Kier molecular flexibility index (Phi) is 21.3. The van der Waals surface area contributed by atoms with Crippen LogP contribution in [-0.2, 0) is 58.6 Å². The first-order valence-electron chi connectivity index (χ1n) is 13.6. The molecule has 2 saturated heterocycles. The van der Waals surface area contributed by atoms with E-state index in [4.69, 9.17) is 9.47 Å². The van der Waals surface area contributed by atoms with Crippen molar-refractivity contribution < 1.29 is 103 Å². The predicted octanol–water partition coefficient (Wildman–Crippen LogP) is -3.26. The molecule has 2 aromatic heterocycles. The molecule has 4 heterocycles. The van der Waals surface area contributed by atoms with E-state index in [0.717, 1.165) is 24.5 Å². The minimum absolute atomic E-state index is 0. The SMILES string of the molecule is N.N.N.N.N.O=c1ccn([C@@H]2O[C@H](COP(=O)(O)OP(=O)(O)OP(=O)(O)OP(=O)(O)OP(=O)(O)OC[C@H]3O[C@@H](n4ccc(=O)[nH]c4=O)[C@H](O)[C@@H]3O)[C@@H](O)[C@H]2O)c(=O)[nH]1. The summed E-state index contributed by atoms with van der Waals surface area (Å²) in [5, 5.41) is 40.7. The van der Waals surface area contributed by atoms with E-state index in [0.29, 0.717) is 9.13 Å². The molecule has 26 N–H and O–H groups in total. The number of aromatic amines is 2. The van der Waals surface area contributed by atoms with E-state index in [2.05, 4.69) is 26.3 Å². The first-order valence-corrected chi connectivity index (χ1v) is 21.1. The zero-order chi connectivity index (χ0) is 39.9. The maximum absolute atomic E-state index is 12.2. The number of H-pyrrole nitrogens is 2. The Hall–Kier alpha value is -2.37. The van der Waals surface area contributed by atoms with E-state index < -0.39 is 124 Å². The number of aromatic nitrogens is 4. The second-order valence-corrected chi connectivity index (χ2v) is 18.2. The summed E-state index contributed by atoms with van der Waals surface area (Å²) in [4.78, 5) is 98.7. The third-order valence-electron chi connectivity index (χ3n) is 6.55. The number of hydrogen-bond donors (Lipinski definition) is 16. The molecule has 12 atom stereocenters. The summed E-state index contributed by atoms with van der Waals surface area (Å²) in [6, 6.07) is 1.68. The second-order valence-electron chi connectivity index (χ2n) is 10.4. The minimum atomic E-state index is -6.49. The van der Waals surface area contributed by atoms with Crippen molar-refractivity contribution in [3.63, 3.8) is 0 Å². The van der Waals surface area contributed by atoms with E-state index in [9.17, 15) is 86.9 Å². The number of hydrogen-bond acceptors (Lipinski definition) is 26. The lowest BCUT2D eigenvalue weighted by Crippen LogP contribution is -2.37. The monoisotopic (exact) mass is 955 g/mol. The van der Waals surface area contributed by atoms with Gasteiger partial charge in [-0.05, 0) is 0 Å². The number of nitrogens with zero attached hydrogens (tertiary/aromatic N) is 2. The number of rotatable bonds is 16. The molecule has 4 unspecified atom stereocenters. The van der Waals surface area contributed by atoms with Crippen LogP contribution in [0.4, 0.5) is 0 Å². The third kappa shape index (κ3) is 15.0. The van der Waals surface area contributed by atoms with E-state index in [1.165, 1.54) is 0 Å². The average Bonchev–Trinajstić information content (AvgIpc) is 3.42. The molecular formula is C18H42N9O26P5. The highest BCUT2D eigenvalue weighted by Crippen LogP contribution is 2.73. The van der Waals surface area contributed by atoms with Crippen molar-refractivity contribution in [3.05, 3.63) is 66.2 Å². The van der Waals surface area contributed by atoms with Gasteiger partial charge in [0, 0.05) is 24.5 Å². The fourth-order valence-corrected chi connectivity index (χ4v) is 10.8. The molecule has 0 amide bonds. The van der Waals surface area contributed by atoms with Gasteiger partial charge in [0.05, 0.1) is 13.2 Å². The smallest absolute Gasteiger partial charge is 0.387 e. The zero-order valence-electron chi connectivity index (χ0n) is 29.0. The van der Waals surface area contributed by atoms with Crippen LogP contribution in [0.2, 0.25) is 0 Å². The van der Waals surface area contributed by atoms with Crippen LogP contribution in [0.5, 0.6) is 0 Å². The summed E-state index contributed by atoms with van der Waals surface area (Å²) in [6.45, 7) is -2.54. The van der Waals surface area contributed by atoms with Crippen molar-refractivity contribution in [2.45, 2.75) is 49.1 Å². The average molecular weight is 955 g/mol. The van der Waals surface area contributed by atoms with Gasteiger partial charge in [0.1, 0.15) is 36.6 Å². The van der Waals surface area contributed by atoms with Crippen molar-refractivity contribution in [2.75, 3.05) is 13.2 Å². The minimum Gasteiger partial charge on any atom is -0.387 e. The van der Waals surface area contributed by atoms with Gasteiger partial charge in [-0.1, -0.05) is 0 Å². The molecule has 0 saturated carbocycles. The summed E-state index contributed by atoms with van der Waals surface area (Å²) >= 11 is 0. The van der Waals surface area contributed by atoms with Gasteiger partial charge in [0.15, 0.2) is 12.5 Å². The van der Waals surface area contributed by atoms with Crippen molar-refractivity contribution >= 4 is 39.1 Å². The quantitative estimate of drug-likeness (QED) is 0.0734.